The van der Waals surface area contributed by atoms with E-state index < -0.39 is 5.82 Å². The summed E-state index contributed by atoms with van der Waals surface area (Å²) >= 11 is 1.85. The molecule has 0 radical (unpaired) electrons. The van der Waals surface area contributed by atoms with Crippen molar-refractivity contribution in [2.24, 2.45) is 0 Å². The van der Waals surface area contributed by atoms with Crippen molar-refractivity contribution in [1.82, 2.24) is 4.98 Å². The lowest BCUT2D eigenvalue weighted by Gasteiger charge is -2.12. The first-order valence-corrected chi connectivity index (χ1v) is 5.85. The minimum Gasteiger partial charge on any atom is -0.364 e. The Hall–Kier alpha value is -1.28. The maximum atomic E-state index is 13.4. The van der Waals surface area contributed by atoms with E-state index in [9.17, 15) is 4.39 Å². The van der Waals surface area contributed by atoms with Gasteiger partial charge in [-0.05, 0) is 18.2 Å². The summed E-state index contributed by atoms with van der Waals surface area (Å²) in [5.41, 5.74) is 0.249. The third-order valence-electron chi connectivity index (χ3n) is 2.24. The average Bonchev–Trinajstić information content (AvgIpc) is 2.74. The van der Waals surface area contributed by atoms with E-state index in [-0.39, 0.29) is 11.4 Å². The van der Waals surface area contributed by atoms with Gasteiger partial charge in [0.15, 0.2) is 11.6 Å². The van der Waals surface area contributed by atoms with E-state index in [1.165, 1.54) is 12.3 Å². The van der Waals surface area contributed by atoms with Gasteiger partial charge in [0.25, 0.3) is 0 Å². The van der Waals surface area contributed by atoms with Crippen molar-refractivity contribution in [2.45, 2.75) is 12.5 Å². The Kier molecular flexibility index (Phi) is 3.07. The van der Waals surface area contributed by atoms with E-state index in [0.29, 0.717) is 6.04 Å². The second-order valence-corrected chi connectivity index (χ2v) is 4.52. The van der Waals surface area contributed by atoms with Gasteiger partial charge in [0.1, 0.15) is 6.07 Å². The van der Waals surface area contributed by atoms with Crippen LogP contribution in [-0.2, 0) is 0 Å². The molecule has 1 N–H and O–H groups in total. The van der Waals surface area contributed by atoms with Crippen LogP contribution in [0.3, 0.4) is 0 Å². The van der Waals surface area contributed by atoms with Gasteiger partial charge >= 0.3 is 0 Å². The first-order chi connectivity index (χ1) is 7.29. The van der Waals surface area contributed by atoms with Gasteiger partial charge in [-0.2, -0.15) is 17.0 Å². The number of nitrogens with one attached hydrogen (secondary N) is 1. The summed E-state index contributed by atoms with van der Waals surface area (Å²) in [6.07, 6.45) is 2.42. The molecule has 0 spiro atoms. The SMILES string of the molecule is N#Cc1cnc(N[C@H]2CCSC2)c(F)c1. The number of hydrogen-bond donors (Lipinski definition) is 1. The number of nitriles is 1. The molecule has 1 saturated heterocycles. The van der Waals surface area contributed by atoms with Crippen LogP contribution in [0.5, 0.6) is 0 Å². The Morgan fingerprint density at radius 3 is 3.13 bits per heavy atom. The van der Waals surface area contributed by atoms with Crippen molar-refractivity contribution in [3.8, 4) is 6.07 Å². The molecule has 5 heteroatoms. The molecule has 1 fully saturated rings. The molecule has 0 bridgehead atoms. The second kappa shape index (κ2) is 4.49. The van der Waals surface area contributed by atoms with Gasteiger partial charge in [-0.15, -0.1) is 0 Å². The molecule has 1 atom stereocenters. The highest BCUT2D eigenvalue weighted by Gasteiger charge is 2.17. The maximum Gasteiger partial charge on any atom is 0.166 e. The predicted octanol–water partition coefficient (Wildman–Crippen LogP) is 2.01. The summed E-state index contributed by atoms with van der Waals surface area (Å²) in [6.45, 7) is 0. The number of anilines is 1. The monoisotopic (exact) mass is 223 g/mol. The quantitative estimate of drug-likeness (QED) is 0.833. The molecule has 0 amide bonds. The second-order valence-electron chi connectivity index (χ2n) is 3.37. The van der Waals surface area contributed by atoms with E-state index >= 15 is 0 Å². The number of hydrogen-bond acceptors (Lipinski definition) is 4. The van der Waals surface area contributed by atoms with Crippen molar-refractivity contribution < 1.29 is 4.39 Å². The number of pyridine rings is 1. The van der Waals surface area contributed by atoms with Gasteiger partial charge in [0.05, 0.1) is 5.56 Å². The van der Waals surface area contributed by atoms with Gasteiger partial charge in [0, 0.05) is 18.0 Å². The highest BCUT2D eigenvalue weighted by Crippen LogP contribution is 2.21. The molecule has 2 heterocycles. The lowest BCUT2D eigenvalue weighted by atomic mass is 10.2. The normalized spacial score (nSPS) is 19.9. The standard InChI is InChI=1S/C10H10FN3S/c11-9-3-7(4-12)5-13-10(9)14-8-1-2-15-6-8/h3,5,8H,1-2,6H2,(H,13,14)/t8-/m0/s1. The molecular formula is C10H10FN3S. The van der Waals surface area contributed by atoms with E-state index in [1.54, 1.807) is 0 Å². The zero-order valence-corrected chi connectivity index (χ0v) is 8.85. The molecule has 1 aliphatic heterocycles. The van der Waals surface area contributed by atoms with Gasteiger partial charge in [-0.1, -0.05) is 0 Å². The molecule has 0 saturated carbocycles. The largest absolute Gasteiger partial charge is 0.364 e. The molecule has 0 unspecified atom stereocenters. The molecule has 0 aromatic carbocycles. The smallest absolute Gasteiger partial charge is 0.166 e. The lowest BCUT2D eigenvalue weighted by molar-refractivity contribution is 0.619. The number of rotatable bonds is 2. The fraction of sp³-hybridized carbons (Fsp3) is 0.400. The highest BCUT2D eigenvalue weighted by atomic mass is 32.2. The van der Waals surface area contributed by atoms with Crippen LogP contribution >= 0.6 is 11.8 Å². The van der Waals surface area contributed by atoms with Gasteiger partial charge in [-0.3, -0.25) is 0 Å². The van der Waals surface area contributed by atoms with Gasteiger partial charge in [-0.25, -0.2) is 9.37 Å². The fourth-order valence-corrected chi connectivity index (χ4v) is 2.60. The van der Waals surface area contributed by atoms with Crippen molar-refractivity contribution in [3.63, 3.8) is 0 Å². The van der Waals surface area contributed by atoms with Crippen LogP contribution in [0.25, 0.3) is 0 Å². The summed E-state index contributed by atoms with van der Waals surface area (Å²) < 4.78 is 13.4. The summed E-state index contributed by atoms with van der Waals surface area (Å²) in [5, 5.41) is 11.6. The van der Waals surface area contributed by atoms with Crippen LogP contribution < -0.4 is 5.32 Å². The Bertz CT molecular complexity index is 396. The summed E-state index contributed by atoms with van der Waals surface area (Å²) in [7, 11) is 0. The topological polar surface area (TPSA) is 48.7 Å². The Labute approximate surface area is 91.7 Å². The van der Waals surface area contributed by atoms with Crippen LogP contribution in [0, 0.1) is 17.1 Å². The minimum atomic E-state index is -0.453. The first-order valence-electron chi connectivity index (χ1n) is 4.69. The third-order valence-corrected chi connectivity index (χ3v) is 3.40. The van der Waals surface area contributed by atoms with Crippen molar-refractivity contribution in [2.75, 3.05) is 16.8 Å². The van der Waals surface area contributed by atoms with Crippen LogP contribution in [0.2, 0.25) is 0 Å². The molecule has 1 aromatic heterocycles. The molecule has 3 nitrogen and oxygen atoms in total. The van der Waals surface area contributed by atoms with Gasteiger partial charge in [0.2, 0.25) is 0 Å². The summed E-state index contributed by atoms with van der Waals surface area (Å²) in [6, 6.07) is 3.36. The Morgan fingerprint density at radius 1 is 1.67 bits per heavy atom. The lowest BCUT2D eigenvalue weighted by Crippen LogP contribution is -2.19. The van der Waals surface area contributed by atoms with Crippen molar-refractivity contribution in [1.29, 1.82) is 5.26 Å². The highest BCUT2D eigenvalue weighted by molar-refractivity contribution is 7.99. The number of nitrogens with zero attached hydrogens (tertiary/aromatic N) is 2. The van der Waals surface area contributed by atoms with E-state index in [0.717, 1.165) is 17.9 Å². The van der Waals surface area contributed by atoms with Crippen LogP contribution in [-0.4, -0.2) is 22.5 Å². The fourth-order valence-electron chi connectivity index (χ4n) is 1.45. The molecule has 15 heavy (non-hydrogen) atoms. The van der Waals surface area contributed by atoms with Crippen LogP contribution in [0.4, 0.5) is 10.2 Å². The molecule has 1 aromatic rings. The van der Waals surface area contributed by atoms with E-state index in [2.05, 4.69) is 10.3 Å². The zero-order valence-electron chi connectivity index (χ0n) is 8.03. The van der Waals surface area contributed by atoms with Crippen molar-refractivity contribution in [3.05, 3.63) is 23.6 Å². The number of thioether (sulfide) groups is 1. The first kappa shape index (κ1) is 10.2. The number of aromatic nitrogens is 1. The molecular weight excluding hydrogens is 213 g/mol. The average molecular weight is 223 g/mol. The molecule has 78 valence electrons. The number of halogens is 1. The van der Waals surface area contributed by atoms with Gasteiger partial charge < -0.3 is 5.32 Å². The summed E-state index contributed by atoms with van der Waals surface area (Å²) in [4.78, 5) is 3.89. The maximum absolute atomic E-state index is 13.4. The zero-order chi connectivity index (χ0) is 10.7. The Morgan fingerprint density at radius 2 is 2.53 bits per heavy atom. The van der Waals surface area contributed by atoms with Crippen LogP contribution in [0.15, 0.2) is 12.3 Å². The third kappa shape index (κ3) is 2.39. The predicted molar refractivity (Wildman–Crippen MR) is 58.3 cm³/mol. The molecule has 2 rings (SSSR count). The van der Waals surface area contributed by atoms with E-state index in [4.69, 9.17) is 5.26 Å². The van der Waals surface area contributed by atoms with E-state index in [1.807, 2.05) is 17.8 Å². The summed E-state index contributed by atoms with van der Waals surface area (Å²) in [5.74, 6) is 1.89. The van der Waals surface area contributed by atoms with Crippen LogP contribution in [0.1, 0.15) is 12.0 Å². The molecule has 0 aliphatic carbocycles. The minimum absolute atomic E-state index is 0.249. The Balaban J connectivity index is 2.11. The van der Waals surface area contributed by atoms with Crippen molar-refractivity contribution >= 4 is 17.6 Å². The molecule has 1 aliphatic rings.